The molecule has 3 heterocycles. The van der Waals surface area contributed by atoms with E-state index >= 15 is 0 Å². The van der Waals surface area contributed by atoms with E-state index in [1.807, 2.05) is 36.4 Å². The topological polar surface area (TPSA) is 62.4 Å². The zero-order valence-electron chi connectivity index (χ0n) is 26.2. The minimum Gasteiger partial charge on any atom is -0.309 e. The number of nitrogens with zero attached hydrogens (tertiary/aromatic N) is 5. The normalized spacial score (nSPS) is 11.6. The fraction of sp³-hybridized carbons (Fsp3) is 0. The fourth-order valence-electron chi connectivity index (χ4n) is 7.97. The lowest BCUT2D eigenvalue weighted by Gasteiger charge is -2.18. The Morgan fingerprint density at radius 1 is 0.388 bits per heavy atom. The van der Waals surface area contributed by atoms with Crippen molar-refractivity contribution in [2.75, 3.05) is 0 Å². The summed E-state index contributed by atoms with van der Waals surface area (Å²) in [4.78, 5) is 0. The van der Waals surface area contributed by atoms with E-state index in [0.29, 0.717) is 11.1 Å². The summed E-state index contributed by atoms with van der Waals surface area (Å²) >= 11 is 0. The Labute approximate surface area is 280 Å². The molecule has 0 spiro atoms. The van der Waals surface area contributed by atoms with Gasteiger partial charge in [-0.1, -0.05) is 91.0 Å². The first-order chi connectivity index (χ1) is 24.3. The van der Waals surface area contributed by atoms with Gasteiger partial charge in [-0.25, -0.2) is 0 Å². The predicted octanol–water partition coefficient (Wildman–Crippen LogP) is 10.7. The maximum absolute atomic E-state index is 10.7. The Balaban J connectivity index is 1.42. The maximum atomic E-state index is 10.7. The van der Waals surface area contributed by atoms with Gasteiger partial charge in [0, 0.05) is 38.0 Å². The number of nitriles is 2. The lowest BCUT2D eigenvalue weighted by Crippen LogP contribution is -2.07. The lowest BCUT2D eigenvalue weighted by atomic mass is 10.1. The standard InChI is InChI=1S/C44H25N5/c45-26-28-24-29(27-46)44(49-35-18-8-4-14-31(35)32-15-5-9-19-36(32)49)41(25-28)48-38-21-11-7-17-34(38)43-40(48)23-22-39-42(43)33-16-6-10-20-37(33)47(39)30-12-2-1-3-13-30/h1-25H. The Morgan fingerprint density at radius 3 is 1.41 bits per heavy atom. The number of fused-ring (bicyclic) bond motifs is 10. The Hall–Kier alpha value is -7.08. The largest absolute Gasteiger partial charge is 0.309 e. The zero-order chi connectivity index (χ0) is 32.6. The van der Waals surface area contributed by atoms with Crippen LogP contribution in [0.15, 0.2) is 152 Å². The molecule has 0 aliphatic carbocycles. The van der Waals surface area contributed by atoms with Crippen LogP contribution in [0.25, 0.3) is 82.5 Å². The van der Waals surface area contributed by atoms with Gasteiger partial charge < -0.3 is 13.7 Å². The predicted molar refractivity (Wildman–Crippen MR) is 199 cm³/mol. The molecule has 0 aliphatic rings. The van der Waals surface area contributed by atoms with Crippen molar-refractivity contribution in [1.29, 1.82) is 10.5 Å². The molecule has 0 radical (unpaired) electrons. The van der Waals surface area contributed by atoms with Crippen LogP contribution in [0.5, 0.6) is 0 Å². The third-order valence-electron chi connectivity index (χ3n) is 9.87. The summed E-state index contributed by atoms with van der Waals surface area (Å²) in [7, 11) is 0. The molecule has 226 valence electrons. The molecule has 0 amide bonds. The molecule has 49 heavy (non-hydrogen) atoms. The molecule has 7 aromatic carbocycles. The highest BCUT2D eigenvalue weighted by Gasteiger charge is 2.25. The number of rotatable bonds is 3. The minimum atomic E-state index is 0.434. The molecule has 5 heteroatoms. The van der Waals surface area contributed by atoms with Gasteiger partial charge in [0.1, 0.15) is 6.07 Å². The van der Waals surface area contributed by atoms with Gasteiger partial charge in [-0.2, -0.15) is 10.5 Å². The molecule has 0 saturated heterocycles. The van der Waals surface area contributed by atoms with E-state index in [-0.39, 0.29) is 0 Å². The van der Waals surface area contributed by atoms with Gasteiger partial charge in [-0.05, 0) is 60.7 Å². The van der Waals surface area contributed by atoms with E-state index in [1.165, 1.54) is 10.8 Å². The fourth-order valence-corrected chi connectivity index (χ4v) is 7.97. The summed E-state index contributed by atoms with van der Waals surface area (Å²) in [6.07, 6.45) is 0. The number of hydrogen-bond donors (Lipinski definition) is 0. The van der Waals surface area contributed by atoms with E-state index in [4.69, 9.17) is 0 Å². The molecular weight excluding hydrogens is 599 g/mol. The monoisotopic (exact) mass is 623 g/mol. The highest BCUT2D eigenvalue weighted by Crippen LogP contribution is 2.44. The van der Waals surface area contributed by atoms with Gasteiger partial charge in [0.05, 0.1) is 61.7 Å². The summed E-state index contributed by atoms with van der Waals surface area (Å²) in [6, 6.07) is 57.0. The van der Waals surface area contributed by atoms with Crippen molar-refractivity contribution < 1.29 is 0 Å². The average molecular weight is 624 g/mol. The number of aromatic nitrogens is 3. The van der Waals surface area contributed by atoms with Crippen LogP contribution >= 0.6 is 0 Å². The Bertz CT molecular complexity index is 3020. The van der Waals surface area contributed by atoms with Crippen LogP contribution in [-0.4, -0.2) is 13.7 Å². The van der Waals surface area contributed by atoms with Crippen LogP contribution in [0.1, 0.15) is 11.1 Å². The van der Waals surface area contributed by atoms with Crippen LogP contribution in [0.2, 0.25) is 0 Å². The van der Waals surface area contributed by atoms with E-state index < -0.39 is 0 Å². The van der Waals surface area contributed by atoms with E-state index in [1.54, 1.807) is 6.07 Å². The molecule has 0 unspecified atom stereocenters. The molecule has 10 aromatic rings. The van der Waals surface area contributed by atoms with Crippen molar-refractivity contribution in [3.63, 3.8) is 0 Å². The first-order valence-electron chi connectivity index (χ1n) is 16.2. The van der Waals surface area contributed by atoms with Crippen molar-refractivity contribution in [2.24, 2.45) is 0 Å². The molecular formula is C44H25N5. The van der Waals surface area contributed by atoms with Crippen molar-refractivity contribution in [2.45, 2.75) is 0 Å². The van der Waals surface area contributed by atoms with Crippen molar-refractivity contribution in [1.82, 2.24) is 13.7 Å². The Morgan fingerprint density at radius 2 is 0.857 bits per heavy atom. The summed E-state index contributed by atoms with van der Waals surface area (Å²) < 4.78 is 6.78. The highest BCUT2D eigenvalue weighted by molar-refractivity contribution is 6.29. The molecule has 0 N–H and O–H groups in total. The number of benzene rings is 7. The summed E-state index contributed by atoms with van der Waals surface area (Å²) in [5.41, 5.74) is 9.76. The van der Waals surface area contributed by atoms with Crippen LogP contribution in [0.4, 0.5) is 0 Å². The van der Waals surface area contributed by atoms with E-state index in [9.17, 15) is 10.5 Å². The van der Waals surface area contributed by atoms with Gasteiger partial charge >= 0.3 is 0 Å². The van der Waals surface area contributed by atoms with Crippen LogP contribution in [0.3, 0.4) is 0 Å². The summed E-state index contributed by atoms with van der Waals surface area (Å²) in [5.74, 6) is 0. The molecule has 0 atom stereocenters. The first kappa shape index (κ1) is 27.1. The van der Waals surface area contributed by atoms with Crippen LogP contribution < -0.4 is 0 Å². The second-order valence-corrected chi connectivity index (χ2v) is 12.4. The van der Waals surface area contributed by atoms with Gasteiger partial charge in [0.2, 0.25) is 0 Å². The van der Waals surface area contributed by atoms with Crippen LogP contribution in [0, 0.1) is 22.7 Å². The molecule has 0 fully saturated rings. The zero-order valence-corrected chi connectivity index (χ0v) is 26.2. The first-order valence-corrected chi connectivity index (χ1v) is 16.2. The third kappa shape index (κ3) is 3.67. The molecule has 10 rings (SSSR count). The second kappa shape index (κ2) is 10.2. The third-order valence-corrected chi connectivity index (χ3v) is 9.87. The van der Waals surface area contributed by atoms with Gasteiger partial charge in [0.25, 0.3) is 0 Å². The van der Waals surface area contributed by atoms with Gasteiger partial charge in [-0.3, -0.25) is 0 Å². The quantitative estimate of drug-likeness (QED) is 0.197. The number of para-hydroxylation sites is 5. The van der Waals surface area contributed by atoms with Crippen LogP contribution in [-0.2, 0) is 0 Å². The van der Waals surface area contributed by atoms with Gasteiger partial charge in [-0.15, -0.1) is 0 Å². The van der Waals surface area contributed by atoms with Crippen molar-refractivity contribution in [3.05, 3.63) is 163 Å². The van der Waals surface area contributed by atoms with Gasteiger partial charge in [0.15, 0.2) is 0 Å². The summed E-state index contributed by atoms with van der Waals surface area (Å²) in [5, 5.41) is 27.8. The summed E-state index contributed by atoms with van der Waals surface area (Å²) in [6.45, 7) is 0. The van der Waals surface area contributed by atoms with E-state index in [2.05, 4.69) is 135 Å². The SMILES string of the molecule is N#Cc1cc(C#N)c(-n2c3ccccc3c3ccccc32)c(-n2c3ccccc3c3c4c5ccccc5n(-c5ccccc5)c4ccc32)c1. The molecule has 0 saturated carbocycles. The minimum absolute atomic E-state index is 0.434. The maximum Gasteiger partial charge on any atom is 0.101 e. The molecule has 3 aromatic heterocycles. The molecule has 0 bridgehead atoms. The average Bonchev–Trinajstić information content (AvgIpc) is 3.80. The van der Waals surface area contributed by atoms with Crippen molar-refractivity contribution in [3.8, 4) is 29.2 Å². The number of hydrogen-bond acceptors (Lipinski definition) is 2. The van der Waals surface area contributed by atoms with E-state index in [0.717, 1.165) is 71.7 Å². The van der Waals surface area contributed by atoms with Crippen molar-refractivity contribution >= 4 is 65.4 Å². The molecule has 5 nitrogen and oxygen atoms in total. The molecule has 0 aliphatic heterocycles. The Kier molecular flexibility index (Phi) is 5.64. The smallest absolute Gasteiger partial charge is 0.101 e. The lowest BCUT2D eigenvalue weighted by molar-refractivity contribution is 1.08. The second-order valence-electron chi connectivity index (χ2n) is 12.4. The highest BCUT2D eigenvalue weighted by atomic mass is 15.1.